The summed E-state index contributed by atoms with van der Waals surface area (Å²) in [5.41, 5.74) is 0.699. The molecular weight excluding hydrogens is 284 g/mol. The van der Waals surface area contributed by atoms with Gasteiger partial charge in [0.2, 0.25) is 0 Å². The van der Waals surface area contributed by atoms with Crippen LogP contribution in [0.15, 0.2) is 30.3 Å². The van der Waals surface area contributed by atoms with Gasteiger partial charge in [0.1, 0.15) is 9.84 Å². The molecule has 1 aromatic rings. The smallest absolute Gasteiger partial charge is 0.319 e. The van der Waals surface area contributed by atoms with Crippen molar-refractivity contribution in [3.8, 4) is 0 Å². The number of para-hydroxylation sites is 1. The topological polar surface area (TPSA) is 75.3 Å². The van der Waals surface area contributed by atoms with E-state index in [1.54, 1.807) is 19.1 Å². The molecular formula is C12H20N2O3S2. The minimum atomic E-state index is -2.99. The van der Waals surface area contributed by atoms with Gasteiger partial charge in [0.25, 0.3) is 0 Å². The molecule has 1 aromatic carbocycles. The van der Waals surface area contributed by atoms with Crippen LogP contribution in [0.1, 0.15) is 13.3 Å². The molecule has 7 heteroatoms. The Bertz CT molecular complexity index is 489. The first-order chi connectivity index (χ1) is 8.37. The molecule has 0 saturated heterocycles. The van der Waals surface area contributed by atoms with Crippen molar-refractivity contribution in [2.75, 3.05) is 17.3 Å². The van der Waals surface area contributed by atoms with Gasteiger partial charge in [0, 0.05) is 18.0 Å². The van der Waals surface area contributed by atoms with Gasteiger partial charge in [-0.05, 0) is 25.5 Å². The number of hydrogen-bond donors (Lipinski definition) is 2. The lowest BCUT2D eigenvalue weighted by atomic mass is 10.3. The Morgan fingerprint density at radius 2 is 1.84 bits per heavy atom. The molecule has 0 spiro atoms. The molecule has 0 aliphatic rings. The minimum absolute atomic E-state index is 0. The van der Waals surface area contributed by atoms with E-state index in [4.69, 9.17) is 0 Å². The van der Waals surface area contributed by atoms with Gasteiger partial charge in [0.15, 0.2) is 0 Å². The van der Waals surface area contributed by atoms with Crippen LogP contribution in [0.5, 0.6) is 0 Å². The van der Waals surface area contributed by atoms with Crippen molar-refractivity contribution in [2.45, 2.75) is 19.4 Å². The van der Waals surface area contributed by atoms with Crippen molar-refractivity contribution < 1.29 is 13.2 Å². The lowest BCUT2D eigenvalue weighted by Gasteiger charge is -2.14. The van der Waals surface area contributed by atoms with Crippen LogP contribution in [0, 0.1) is 0 Å². The number of hydrogen-bond acceptors (Lipinski definition) is 3. The minimum Gasteiger partial charge on any atom is -0.335 e. The van der Waals surface area contributed by atoms with E-state index >= 15 is 0 Å². The quantitative estimate of drug-likeness (QED) is 0.870. The molecule has 0 unspecified atom stereocenters. The van der Waals surface area contributed by atoms with E-state index in [1.165, 1.54) is 6.26 Å². The number of nitrogens with one attached hydrogen (secondary N) is 2. The molecule has 2 N–H and O–H groups in total. The molecule has 0 aliphatic carbocycles. The number of carbonyl (C=O) groups excluding carboxylic acids is 1. The van der Waals surface area contributed by atoms with Crippen molar-refractivity contribution in [1.82, 2.24) is 5.32 Å². The third-order valence-corrected chi connectivity index (χ3v) is 3.31. The Hall–Kier alpha value is -1.21. The van der Waals surface area contributed by atoms with Crippen LogP contribution in [-0.4, -0.2) is 32.5 Å². The number of amides is 2. The van der Waals surface area contributed by atoms with Crippen molar-refractivity contribution in [3.63, 3.8) is 0 Å². The third kappa shape index (κ3) is 8.50. The van der Waals surface area contributed by atoms with E-state index in [9.17, 15) is 13.2 Å². The van der Waals surface area contributed by atoms with Gasteiger partial charge in [-0.1, -0.05) is 18.2 Å². The van der Waals surface area contributed by atoms with Gasteiger partial charge in [-0.3, -0.25) is 0 Å². The standard InChI is InChI=1S/C12H18N2O3S.H2S/c1-10(8-9-18(2,16)17)13-12(15)14-11-6-4-3-5-7-11;/h3-7,10H,8-9H2,1-2H3,(H2,13,14,15);1H2/t10-;/m0./s1. The number of urea groups is 1. The van der Waals surface area contributed by atoms with E-state index in [-0.39, 0.29) is 31.3 Å². The molecule has 0 aliphatic heterocycles. The van der Waals surface area contributed by atoms with E-state index in [0.717, 1.165) is 0 Å². The Morgan fingerprint density at radius 1 is 1.26 bits per heavy atom. The lowest BCUT2D eigenvalue weighted by molar-refractivity contribution is 0.249. The highest BCUT2D eigenvalue weighted by molar-refractivity contribution is 7.90. The van der Waals surface area contributed by atoms with Crippen molar-refractivity contribution >= 4 is 35.1 Å². The van der Waals surface area contributed by atoms with Crippen molar-refractivity contribution in [2.24, 2.45) is 0 Å². The highest BCUT2D eigenvalue weighted by atomic mass is 32.2. The number of sulfone groups is 1. The predicted octanol–water partition coefficient (Wildman–Crippen LogP) is 1.74. The molecule has 0 fully saturated rings. The maximum absolute atomic E-state index is 11.6. The molecule has 5 nitrogen and oxygen atoms in total. The number of anilines is 1. The molecule has 2 amide bonds. The van der Waals surface area contributed by atoms with E-state index in [0.29, 0.717) is 12.1 Å². The summed E-state index contributed by atoms with van der Waals surface area (Å²) >= 11 is 0. The van der Waals surface area contributed by atoms with E-state index in [1.807, 2.05) is 18.2 Å². The first-order valence-corrected chi connectivity index (χ1v) is 7.73. The number of carbonyl (C=O) groups is 1. The average molecular weight is 304 g/mol. The molecule has 1 atom stereocenters. The SMILES string of the molecule is C[C@@H](CCS(C)(=O)=O)NC(=O)Nc1ccccc1.S. The first kappa shape index (κ1) is 17.8. The Labute approximate surface area is 121 Å². The summed E-state index contributed by atoms with van der Waals surface area (Å²) in [5, 5.41) is 5.36. The van der Waals surface area contributed by atoms with Crippen LogP contribution in [0.2, 0.25) is 0 Å². The van der Waals surface area contributed by atoms with Crippen LogP contribution >= 0.6 is 13.5 Å². The summed E-state index contributed by atoms with van der Waals surface area (Å²) in [7, 11) is -2.99. The van der Waals surface area contributed by atoms with Crippen LogP contribution in [0.4, 0.5) is 10.5 Å². The van der Waals surface area contributed by atoms with Gasteiger partial charge in [0.05, 0.1) is 5.75 Å². The highest BCUT2D eigenvalue weighted by Gasteiger charge is 2.10. The summed E-state index contributed by atoms with van der Waals surface area (Å²) < 4.78 is 22.0. The second-order valence-corrected chi connectivity index (χ2v) is 6.54. The lowest BCUT2D eigenvalue weighted by Crippen LogP contribution is -2.37. The monoisotopic (exact) mass is 304 g/mol. The Morgan fingerprint density at radius 3 is 2.37 bits per heavy atom. The average Bonchev–Trinajstić information content (AvgIpc) is 2.26. The van der Waals surface area contributed by atoms with Gasteiger partial charge >= 0.3 is 6.03 Å². The summed E-state index contributed by atoms with van der Waals surface area (Å²) in [5.74, 6) is 0.0692. The van der Waals surface area contributed by atoms with E-state index in [2.05, 4.69) is 10.6 Å². The van der Waals surface area contributed by atoms with Gasteiger partial charge < -0.3 is 10.6 Å². The zero-order valence-corrected chi connectivity index (χ0v) is 12.8. The molecule has 0 radical (unpaired) electrons. The summed E-state index contributed by atoms with van der Waals surface area (Å²) in [6.07, 6.45) is 1.59. The normalized spacial score (nSPS) is 12.1. The van der Waals surface area contributed by atoms with E-state index < -0.39 is 9.84 Å². The fourth-order valence-electron chi connectivity index (χ4n) is 1.38. The third-order valence-electron chi connectivity index (χ3n) is 2.33. The van der Waals surface area contributed by atoms with Crippen LogP contribution in [0.3, 0.4) is 0 Å². The predicted molar refractivity (Wildman–Crippen MR) is 82.8 cm³/mol. The Balaban J connectivity index is 0.00000324. The summed E-state index contributed by atoms with van der Waals surface area (Å²) in [6, 6.07) is 8.54. The van der Waals surface area contributed by atoms with Crippen molar-refractivity contribution in [1.29, 1.82) is 0 Å². The fourth-order valence-corrected chi connectivity index (χ4v) is 2.16. The second-order valence-electron chi connectivity index (χ2n) is 4.28. The van der Waals surface area contributed by atoms with Gasteiger partial charge in [-0.15, -0.1) is 0 Å². The van der Waals surface area contributed by atoms with Crippen LogP contribution < -0.4 is 10.6 Å². The highest BCUT2D eigenvalue weighted by Crippen LogP contribution is 2.04. The van der Waals surface area contributed by atoms with Crippen LogP contribution in [0.25, 0.3) is 0 Å². The molecule has 0 heterocycles. The van der Waals surface area contributed by atoms with Crippen molar-refractivity contribution in [3.05, 3.63) is 30.3 Å². The zero-order chi connectivity index (χ0) is 13.6. The number of rotatable bonds is 5. The molecule has 0 bridgehead atoms. The zero-order valence-electron chi connectivity index (χ0n) is 11.0. The number of benzene rings is 1. The van der Waals surface area contributed by atoms with Gasteiger partial charge in [-0.2, -0.15) is 13.5 Å². The molecule has 19 heavy (non-hydrogen) atoms. The largest absolute Gasteiger partial charge is 0.335 e. The first-order valence-electron chi connectivity index (χ1n) is 5.67. The summed E-state index contributed by atoms with van der Waals surface area (Å²) in [4.78, 5) is 11.6. The molecule has 1 rings (SSSR count). The second kappa shape index (κ2) is 8.06. The molecule has 0 saturated carbocycles. The van der Waals surface area contributed by atoms with Crippen LogP contribution in [-0.2, 0) is 9.84 Å². The Kier molecular flexibility index (Phi) is 7.55. The molecule has 0 aromatic heterocycles. The maximum Gasteiger partial charge on any atom is 0.319 e. The van der Waals surface area contributed by atoms with Gasteiger partial charge in [-0.25, -0.2) is 13.2 Å². The maximum atomic E-state index is 11.6. The summed E-state index contributed by atoms with van der Waals surface area (Å²) in [6.45, 7) is 1.77. The fraction of sp³-hybridized carbons (Fsp3) is 0.417. The molecule has 108 valence electrons.